The van der Waals surface area contributed by atoms with Crippen LogP contribution in [0.15, 0.2) is 24.3 Å². The molecule has 4 nitrogen and oxygen atoms in total. The number of hydrogen-bond donors (Lipinski definition) is 1. The molecule has 0 aliphatic carbocycles. The minimum atomic E-state index is -0.728. The van der Waals surface area contributed by atoms with Crippen molar-refractivity contribution < 1.29 is 9.90 Å². The molecule has 0 saturated carbocycles. The lowest BCUT2D eigenvalue weighted by Gasteiger charge is -2.25. The molecule has 0 fully saturated rings. The highest BCUT2D eigenvalue weighted by Gasteiger charge is 2.13. The predicted octanol–water partition coefficient (Wildman–Crippen LogP) is 3.37. The predicted molar refractivity (Wildman–Crippen MR) is 82.0 cm³/mol. The van der Waals surface area contributed by atoms with E-state index in [0.29, 0.717) is 12.5 Å². The molecule has 0 saturated heterocycles. The Labute approximate surface area is 123 Å². The number of carbonyl (C=O) groups is 1. The maximum Gasteiger partial charge on any atom is 0.303 e. The molecular weight excluding hydrogens is 272 g/mol. The maximum atomic E-state index is 10.6. The quantitative estimate of drug-likeness (QED) is 0.850. The van der Waals surface area contributed by atoms with Gasteiger partial charge in [-0.15, -0.1) is 11.3 Å². The van der Waals surface area contributed by atoms with Gasteiger partial charge in [0.25, 0.3) is 0 Å². The topological polar surface area (TPSA) is 53.4 Å². The van der Waals surface area contributed by atoms with Gasteiger partial charge in [-0.05, 0) is 38.9 Å². The molecule has 0 unspecified atom stereocenters. The highest BCUT2D eigenvalue weighted by molar-refractivity contribution is 7.18. The first kappa shape index (κ1) is 14.9. The van der Waals surface area contributed by atoms with E-state index in [2.05, 4.69) is 29.8 Å². The molecule has 0 atom stereocenters. The number of hydrogen-bond acceptors (Lipinski definition) is 4. The molecule has 5 heteroatoms. The Morgan fingerprint density at radius 2 is 2.15 bits per heavy atom. The van der Waals surface area contributed by atoms with Crippen LogP contribution in [0.3, 0.4) is 0 Å². The van der Waals surface area contributed by atoms with Gasteiger partial charge in [-0.25, -0.2) is 4.98 Å². The number of carboxylic acids is 1. The molecule has 1 aromatic carbocycles. The summed E-state index contributed by atoms with van der Waals surface area (Å²) in [5, 5.41) is 9.81. The lowest BCUT2D eigenvalue weighted by Crippen LogP contribution is -2.31. The van der Waals surface area contributed by atoms with E-state index in [1.165, 1.54) is 4.70 Å². The summed E-state index contributed by atoms with van der Waals surface area (Å²) in [6.45, 7) is 5.85. The van der Waals surface area contributed by atoms with Crippen molar-refractivity contribution >= 4 is 27.5 Å². The van der Waals surface area contributed by atoms with Crippen molar-refractivity contribution in [2.24, 2.45) is 0 Å². The number of rotatable bonds is 7. The van der Waals surface area contributed by atoms with Gasteiger partial charge in [0.2, 0.25) is 0 Å². The Bertz CT molecular complexity index is 547. The summed E-state index contributed by atoms with van der Waals surface area (Å²) in [5.41, 5.74) is 1.04. The Morgan fingerprint density at radius 1 is 1.40 bits per heavy atom. The van der Waals surface area contributed by atoms with Crippen molar-refractivity contribution in [2.75, 3.05) is 6.54 Å². The van der Waals surface area contributed by atoms with Gasteiger partial charge in [0.15, 0.2) is 0 Å². The van der Waals surface area contributed by atoms with Crippen molar-refractivity contribution in [1.82, 2.24) is 9.88 Å². The minimum absolute atomic E-state index is 0.225. The summed E-state index contributed by atoms with van der Waals surface area (Å²) in [6.07, 6.45) is 0.904. The molecule has 1 aromatic heterocycles. The fourth-order valence-electron chi connectivity index (χ4n) is 2.11. The third-order valence-electron chi connectivity index (χ3n) is 3.24. The zero-order chi connectivity index (χ0) is 14.5. The van der Waals surface area contributed by atoms with Crippen LogP contribution >= 0.6 is 11.3 Å². The van der Waals surface area contributed by atoms with E-state index in [4.69, 9.17) is 5.11 Å². The van der Waals surface area contributed by atoms with Crippen LogP contribution in [0, 0.1) is 0 Å². The lowest BCUT2D eigenvalue weighted by atomic mass is 10.2. The van der Waals surface area contributed by atoms with Gasteiger partial charge in [0, 0.05) is 12.5 Å². The second-order valence-electron chi connectivity index (χ2n) is 5.14. The van der Waals surface area contributed by atoms with Gasteiger partial charge in [0.1, 0.15) is 5.01 Å². The van der Waals surface area contributed by atoms with E-state index in [9.17, 15) is 4.79 Å². The van der Waals surface area contributed by atoms with Crippen LogP contribution in [0.1, 0.15) is 31.7 Å². The van der Waals surface area contributed by atoms with E-state index in [1.807, 2.05) is 18.2 Å². The molecule has 2 rings (SSSR count). The fraction of sp³-hybridized carbons (Fsp3) is 0.467. The van der Waals surface area contributed by atoms with Crippen LogP contribution in [-0.4, -0.2) is 33.5 Å². The monoisotopic (exact) mass is 292 g/mol. The maximum absolute atomic E-state index is 10.6. The molecule has 1 N–H and O–H groups in total. The number of fused-ring (bicyclic) bond motifs is 1. The van der Waals surface area contributed by atoms with E-state index < -0.39 is 5.97 Å². The molecule has 108 valence electrons. The minimum Gasteiger partial charge on any atom is -0.481 e. The summed E-state index contributed by atoms with van der Waals surface area (Å²) >= 11 is 1.71. The van der Waals surface area contributed by atoms with Gasteiger partial charge in [-0.2, -0.15) is 0 Å². The third kappa shape index (κ3) is 4.02. The summed E-state index contributed by atoms with van der Waals surface area (Å²) in [4.78, 5) is 17.5. The van der Waals surface area contributed by atoms with Crippen molar-refractivity contribution in [2.45, 2.75) is 39.3 Å². The zero-order valence-electron chi connectivity index (χ0n) is 11.9. The second-order valence-corrected chi connectivity index (χ2v) is 6.25. The molecule has 0 aliphatic heterocycles. The van der Waals surface area contributed by atoms with Gasteiger partial charge < -0.3 is 5.11 Å². The standard InChI is InChI=1S/C15H20N2O2S/c1-11(2)17(9-5-8-15(18)19)10-14-16-12-6-3-4-7-13(12)20-14/h3-4,6-7,11H,5,8-10H2,1-2H3,(H,18,19). The summed E-state index contributed by atoms with van der Waals surface area (Å²) in [5.74, 6) is -0.728. The van der Waals surface area contributed by atoms with Crippen molar-refractivity contribution in [3.8, 4) is 0 Å². The summed E-state index contributed by atoms with van der Waals surface area (Å²) in [6, 6.07) is 8.52. The normalized spacial score (nSPS) is 11.6. The Hall–Kier alpha value is -1.46. The van der Waals surface area contributed by atoms with E-state index in [-0.39, 0.29) is 6.42 Å². The van der Waals surface area contributed by atoms with E-state index >= 15 is 0 Å². The third-order valence-corrected chi connectivity index (χ3v) is 4.26. The van der Waals surface area contributed by atoms with Gasteiger partial charge in [0.05, 0.1) is 16.8 Å². The van der Waals surface area contributed by atoms with Gasteiger partial charge in [-0.1, -0.05) is 12.1 Å². The molecule has 0 spiro atoms. The van der Waals surface area contributed by atoms with Crippen LogP contribution in [0.2, 0.25) is 0 Å². The first-order valence-electron chi connectivity index (χ1n) is 6.86. The van der Waals surface area contributed by atoms with Crippen LogP contribution in [-0.2, 0) is 11.3 Å². The van der Waals surface area contributed by atoms with E-state index in [1.54, 1.807) is 11.3 Å². The Kier molecular flexibility index (Phi) is 5.09. The first-order chi connectivity index (χ1) is 9.56. The number of benzene rings is 1. The number of thiazole rings is 1. The molecule has 1 heterocycles. The molecule has 0 aliphatic rings. The highest BCUT2D eigenvalue weighted by Crippen LogP contribution is 2.23. The highest BCUT2D eigenvalue weighted by atomic mass is 32.1. The van der Waals surface area contributed by atoms with Crippen molar-refractivity contribution in [1.29, 1.82) is 0 Å². The average molecular weight is 292 g/mol. The SMILES string of the molecule is CC(C)N(CCCC(=O)O)Cc1nc2ccccc2s1. The number of carboxylic acid groups (broad SMARTS) is 1. The van der Waals surface area contributed by atoms with E-state index in [0.717, 1.165) is 23.6 Å². The van der Waals surface area contributed by atoms with Crippen molar-refractivity contribution in [3.05, 3.63) is 29.3 Å². The van der Waals surface area contributed by atoms with Crippen molar-refractivity contribution in [3.63, 3.8) is 0 Å². The summed E-state index contributed by atoms with van der Waals surface area (Å²) in [7, 11) is 0. The fourth-order valence-corrected chi connectivity index (χ4v) is 3.11. The Morgan fingerprint density at radius 3 is 2.80 bits per heavy atom. The molecular formula is C15H20N2O2S. The first-order valence-corrected chi connectivity index (χ1v) is 7.68. The Balaban J connectivity index is 2.01. The molecule has 2 aromatic rings. The van der Waals surface area contributed by atoms with Crippen LogP contribution in [0.4, 0.5) is 0 Å². The lowest BCUT2D eigenvalue weighted by molar-refractivity contribution is -0.137. The van der Waals surface area contributed by atoms with Crippen LogP contribution in [0.25, 0.3) is 10.2 Å². The van der Waals surface area contributed by atoms with Gasteiger partial charge in [-0.3, -0.25) is 9.69 Å². The second kappa shape index (κ2) is 6.81. The number of aromatic nitrogens is 1. The molecule has 0 bridgehead atoms. The zero-order valence-corrected chi connectivity index (χ0v) is 12.7. The van der Waals surface area contributed by atoms with Crippen LogP contribution < -0.4 is 0 Å². The number of aliphatic carboxylic acids is 1. The largest absolute Gasteiger partial charge is 0.481 e. The smallest absolute Gasteiger partial charge is 0.303 e. The molecule has 0 radical (unpaired) electrons. The number of para-hydroxylation sites is 1. The average Bonchev–Trinajstić information content (AvgIpc) is 2.79. The van der Waals surface area contributed by atoms with Crippen LogP contribution in [0.5, 0.6) is 0 Å². The molecule has 20 heavy (non-hydrogen) atoms. The number of nitrogens with zero attached hydrogens (tertiary/aromatic N) is 2. The van der Waals surface area contributed by atoms with Gasteiger partial charge >= 0.3 is 5.97 Å². The molecule has 0 amide bonds. The summed E-state index contributed by atoms with van der Waals surface area (Å²) < 4.78 is 1.21.